The maximum absolute atomic E-state index is 9.85. The molecule has 1 fully saturated rings. The van der Waals surface area contributed by atoms with Crippen molar-refractivity contribution in [1.82, 2.24) is 0 Å². The van der Waals surface area contributed by atoms with Gasteiger partial charge in [0, 0.05) is 19.4 Å². The molecular weight excluding hydrogens is 192 g/mol. The maximum Gasteiger partial charge on any atom is 0.164 e. The van der Waals surface area contributed by atoms with Crippen LogP contribution in [0.3, 0.4) is 0 Å². The molecule has 86 valence electrons. The first-order valence-electron chi connectivity index (χ1n) is 5.70. The van der Waals surface area contributed by atoms with Crippen LogP contribution in [-0.2, 0) is 9.47 Å². The van der Waals surface area contributed by atoms with E-state index in [1.807, 2.05) is 0 Å². The van der Waals surface area contributed by atoms with E-state index in [1.54, 1.807) is 6.92 Å². The fraction of sp³-hybridized carbons (Fsp3) is 0.833. The first kappa shape index (κ1) is 11.1. The Hall–Kier alpha value is -0.380. The van der Waals surface area contributed by atoms with E-state index >= 15 is 0 Å². The minimum absolute atomic E-state index is 0.131. The molecule has 2 aliphatic rings. The summed E-state index contributed by atoms with van der Waals surface area (Å²) >= 11 is 0. The Morgan fingerprint density at radius 1 is 1.67 bits per heavy atom. The first-order valence-corrected chi connectivity index (χ1v) is 5.70. The van der Waals surface area contributed by atoms with Crippen LogP contribution < -0.4 is 0 Å². The zero-order chi connectivity index (χ0) is 10.9. The number of allylic oxidation sites excluding steroid dienone is 1. The number of hydrogen-bond acceptors (Lipinski definition) is 3. The number of hydrogen-bond donors (Lipinski definition) is 1. The summed E-state index contributed by atoms with van der Waals surface area (Å²) in [5, 5.41) is 9.85. The van der Waals surface area contributed by atoms with Crippen molar-refractivity contribution in [1.29, 1.82) is 0 Å². The predicted molar refractivity (Wildman–Crippen MR) is 57.4 cm³/mol. The van der Waals surface area contributed by atoms with E-state index in [0.29, 0.717) is 12.3 Å². The van der Waals surface area contributed by atoms with Gasteiger partial charge in [-0.15, -0.1) is 0 Å². The van der Waals surface area contributed by atoms with Crippen LogP contribution >= 0.6 is 0 Å². The molecule has 3 nitrogen and oxygen atoms in total. The quantitative estimate of drug-likeness (QED) is 0.573. The Balaban J connectivity index is 2.00. The Labute approximate surface area is 91.1 Å². The molecule has 15 heavy (non-hydrogen) atoms. The third kappa shape index (κ3) is 2.41. The highest BCUT2D eigenvalue weighted by atomic mass is 16.6. The summed E-state index contributed by atoms with van der Waals surface area (Å²) in [6.45, 7) is 2.44. The average molecular weight is 212 g/mol. The highest BCUT2D eigenvalue weighted by Crippen LogP contribution is 2.38. The Kier molecular flexibility index (Phi) is 3.14. The minimum atomic E-state index is -1.06. The SMILES string of the molecule is CO[C@](C)(O)CC1OCC2=CCCCC21. The van der Waals surface area contributed by atoms with E-state index in [2.05, 4.69) is 6.08 Å². The molecule has 3 atom stereocenters. The lowest BCUT2D eigenvalue weighted by molar-refractivity contribution is -0.192. The second-order valence-electron chi connectivity index (χ2n) is 4.75. The molecule has 3 heteroatoms. The topological polar surface area (TPSA) is 38.7 Å². The normalized spacial score (nSPS) is 34.5. The van der Waals surface area contributed by atoms with Crippen LogP contribution in [0.4, 0.5) is 0 Å². The zero-order valence-corrected chi connectivity index (χ0v) is 9.53. The molecule has 0 saturated carbocycles. The second kappa shape index (κ2) is 4.24. The summed E-state index contributed by atoms with van der Waals surface area (Å²) in [6.07, 6.45) is 6.61. The van der Waals surface area contributed by atoms with Gasteiger partial charge in [0.1, 0.15) is 0 Å². The van der Waals surface area contributed by atoms with Gasteiger partial charge in [-0.1, -0.05) is 6.08 Å². The molecule has 0 spiro atoms. The fourth-order valence-electron chi connectivity index (χ4n) is 2.53. The van der Waals surface area contributed by atoms with Crippen LogP contribution in [0.25, 0.3) is 0 Å². The average Bonchev–Trinajstić information content (AvgIpc) is 2.62. The molecule has 1 aliphatic carbocycles. The van der Waals surface area contributed by atoms with Crippen molar-refractivity contribution < 1.29 is 14.6 Å². The minimum Gasteiger partial charge on any atom is -0.373 e. The van der Waals surface area contributed by atoms with Crippen molar-refractivity contribution in [2.75, 3.05) is 13.7 Å². The third-order valence-electron chi connectivity index (χ3n) is 3.53. The summed E-state index contributed by atoms with van der Waals surface area (Å²) < 4.78 is 10.8. The standard InChI is InChI=1S/C12H20O3/c1-12(13,14-2)7-11-10-6-4-3-5-9(10)8-15-11/h5,10-11,13H,3-4,6-8H2,1-2H3/t10?,11?,12-/m0/s1. The van der Waals surface area contributed by atoms with Gasteiger partial charge in [0.2, 0.25) is 0 Å². The van der Waals surface area contributed by atoms with Crippen molar-refractivity contribution in [3.05, 3.63) is 11.6 Å². The molecule has 0 aromatic rings. The van der Waals surface area contributed by atoms with Gasteiger partial charge in [0.15, 0.2) is 5.79 Å². The molecule has 1 heterocycles. The van der Waals surface area contributed by atoms with E-state index in [9.17, 15) is 5.11 Å². The van der Waals surface area contributed by atoms with Crippen molar-refractivity contribution in [3.63, 3.8) is 0 Å². The van der Waals surface area contributed by atoms with Gasteiger partial charge in [0.25, 0.3) is 0 Å². The summed E-state index contributed by atoms with van der Waals surface area (Å²) in [5.74, 6) is -0.544. The molecule has 1 saturated heterocycles. The smallest absolute Gasteiger partial charge is 0.164 e. The summed E-state index contributed by atoms with van der Waals surface area (Å²) in [4.78, 5) is 0. The molecule has 1 N–H and O–H groups in total. The molecular formula is C12H20O3. The molecule has 2 unspecified atom stereocenters. The van der Waals surface area contributed by atoms with Gasteiger partial charge in [-0.25, -0.2) is 0 Å². The lowest BCUT2D eigenvalue weighted by atomic mass is 9.84. The van der Waals surface area contributed by atoms with Gasteiger partial charge >= 0.3 is 0 Å². The van der Waals surface area contributed by atoms with E-state index in [0.717, 1.165) is 6.61 Å². The zero-order valence-electron chi connectivity index (χ0n) is 9.53. The van der Waals surface area contributed by atoms with E-state index in [-0.39, 0.29) is 6.10 Å². The largest absolute Gasteiger partial charge is 0.373 e. The molecule has 0 bridgehead atoms. The van der Waals surface area contributed by atoms with Gasteiger partial charge in [0.05, 0.1) is 12.7 Å². The summed E-state index contributed by atoms with van der Waals surface area (Å²) in [6, 6.07) is 0. The van der Waals surface area contributed by atoms with E-state index < -0.39 is 5.79 Å². The van der Waals surface area contributed by atoms with E-state index in [1.165, 1.54) is 31.9 Å². The van der Waals surface area contributed by atoms with Gasteiger partial charge in [-0.3, -0.25) is 0 Å². The number of methoxy groups -OCH3 is 1. The molecule has 0 radical (unpaired) electrons. The van der Waals surface area contributed by atoms with Crippen molar-refractivity contribution in [3.8, 4) is 0 Å². The van der Waals surface area contributed by atoms with Crippen LogP contribution in [0.2, 0.25) is 0 Å². The van der Waals surface area contributed by atoms with Crippen molar-refractivity contribution in [2.24, 2.45) is 5.92 Å². The van der Waals surface area contributed by atoms with Gasteiger partial charge < -0.3 is 14.6 Å². The molecule has 2 rings (SSSR count). The van der Waals surface area contributed by atoms with Crippen LogP contribution in [0.15, 0.2) is 11.6 Å². The van der Waals surface area contributed by atoms with Crippen molar-refractivity contribution >= 4 is 0 Å². The highest BCUT2D eigenvalue weighted by molar-refractivity contribution is 5.16. The number of rotatable bonds is 3. The van der Waals surface area contributed by atoms with Crippen LogP contribution in [0.1, 0.15) is 32.6 Å². The van der Waals surface area contributed by atoms with Crippen LogP contribution in [-0.4, -0.2) is 30.7 Å². The number of ether oxygens (including phenoxy) is 2. The maximum atomic E-state index is 9.85. The van der Waals surface area contributed by atoms with Crippen molar-refractivity contribution in [2.45, 2.75) is 44.5 Å². The predicted octanol–water partition coefficient (Wildman–Crippen LogP) is 1.86. The monoisotopic (exact) mass is 212 g/mol. The molecule has 0 aromatic heterocycles. The molecule has 0 aromatic carbocycles. The molecule has 0 amide bonds. The first-order chi connectivity index (χ1) is 7.12. The lowest BCUT2D eigenvalue weighted by Gasteiger charge is -2.28. The Morgan fingerprint density at radius 3 is 3.20 bits per heavy atom. The number of aliphatic hydroxyl groups is 1. The van der Waals surface area contributed by atoms with Gasteiger partial charge in [-0.2, -0.15) is 0 Å². The fourth-order valence-corrected chi connectivity index (χ4v) is 2.53. The third-order valence-corrected chi connectivity index (χ3v) is 3.53. The van der Waals surface area contributed by atoms with Crippen LogP contribution in [0, 0.1) is 5.92 Å². The lowest BCUT2D eigenvalue weighted by Crippen LogP contribution is -2.34. The Morgan fingerprint density at radius 2 is 2.47 bits per heavy atom. The summed E-state index contributed by atoms with van der Waals surface area (Å²) in [5.41, 5.74) is 1.43. The second-order valence-corrected chi connectivity index (χ2v) is 4.75. The van der Waals surface area contributed by atoms with Gasteiger partial charge in [-0.05, 0) is 31.8 Å². The summed E-state index contributed by atoms with van der Waals surface area (Å²) in [7, 11) is 1.53. The number of fused-ring (bicyclic) bond motifs is 1. The Bertz CT molecular complexity index is 258. The van der Waals surface area contributed by atoms with Crippen LogP contribution in [0.5, 0.6) is 0 Å². The highest BCUT2D eigenvalue weighted by Gasteiger charge is 2.37. The van der Waals surface area contributed by atoms with E-state index in [4.69, 9.17) is 9.47 Å². The molecule has 1 aliphatic heterocycles.